The quantitative estimate of drug-likeness (QED) is 0.637. The van der Waals surface area contributed by atoms with Crippen molar-refractivity contribution >= 4 is 6.21 Å². The van der Waals surface area contributed by atoms with Crippen LogP contribution in [0.1, 0.15) is 26.7 Å². The second-order valence-electron chi connectivity index (χ2n) is 3.76. The summed E-state index contributed by atoms with van der Waals surface area (Å²) in [6, 6.07) is 0. The third kappa shape index (κ3) is 3.07. The van der Waals surface area contributed by atoms with Crippen molar-refractivity contribution in [1.82, 2.24) is 0 Å². The SMILES string of the molecule is CC(C)C(C=NCC1CC1)=CN. The predicted octanol–water partition coefficient (Wildman–Crippen LogP) is 1.97. The lowest BCUT2D eigenvalue weighted by atomic mass is 10.1. The third-order valence-corrected chi connectivity index (χ3v) is 2.16. The molecule has 1 aliphatic carbocycles. The minimum Gasteiger partial charge on any atom is -0.404 e. The lowest BCUT2D eigenvalue weighted by molar-refractivity contribution is 0.797. The molecule has 0 aliphatic heterocycles. The average Bonchev–Trinajstić information content (AvgIpc) is 2.80. The van der Waals surface area contributed by atoms with E-state index in [1.54, 1.807) is 6.20 Å². The van der Waals surface area contributed by atoms with E-state index in [1.807, 2.05) is 6.21 Å². The van der Waals surface area contributed by atoms with Gasteiger partial charge in [0.2, 0.25) is 0 Å². The van der Waals surface area contributed by atoms with Crippen LogP contribution in [-0.2, 0) is 0 Å². The van der Waals surface area contributed by atoms with Crippen molar-refractivity contribution in [1.29, 1.82) is 0 Å². The van der Waals surface area contributed by atoms with Crippen molar-refractivity contribution in [3.05, 3.63) is 11.8 Å². The van der Waals surface area contributed by atoms with Crippen LogP contribution in [0, 0.1) is 11.8 Å². The molecule has 0 saturated heterocycles. The number of hydrogen-bond donors (Lipinski definition) is 1. The van der Waals surface area contributed by atoms with E-state index in [-0.39, 0.29) is 0 Å². The first-order chi connectivity index (χ1) is 5.74. The Hall–Kier alpha value is -0.790. The fourth-order valence-electron chi connectivity index (χ4n) is 0.992. The van der Waals surface area contributed by atoms with Crippen molar-refractivity contribution in [2.24, 2.45) is 22.6 Å². The van der Waals surface area contributed by atoms with Gasteiger partial charge in [-0.25, -0.2) is 0 Å². The predicted molar refractivity (Wildman–Crippen MR) is 53.2 cm³/mol. The summed E-state index contributed by atoms with van der Waals surface area (Å²) in [5.41, 5.74) is 6.59. The molecule has 1 aliphatic rings. The average molecular weight is 166 g/mol. The maximum Gasteiger partial charge on any atom is 0.0417 e. The van der Waals surface area contributed by atoms with Gasteiger partial charge in [-0.3, -0.25) is 4.99 Å². The molecular formula is C10H18N2. The molecular weight excluding hydrogens is 148 g/mol. The summed E-state index contributed by atoms with van der Waals surface area (Å²) in [5.74, 6) is 1.35. The molecule has 1 fully saturated rings. The van der Waals surface area contributed by atoms with Gasteiger partial charge in [0.05, 0.1) is 0 Å². The Kier molecular flexibility index (Phi) is 3.32. The highest BCUT2D eigenvalue weighted by molar-refractivity contribution is 5.78. The zero-order valence-corrected chi connectivity index (χ0v) is 7.96. The number of aliphatic imine (C=N–C) groups is 1. The van der Waals surface area contributed by atoms with Gasteiger partial charge in [0.15, 0.2) is 0 Å². The highest BCUT2D eigenvalue weighted by Crippen LogP contribution is 2.28. The van der Waals surface area contributed by atoms with Crippen LogP contribution in [0.15, 0.2) is 16.8 Å². The first kappa shape index (κ1) is 9.30. The summed E-state index contributed by atoms with van der Waals surface area (Å²) < 4.78 is 0. The molecule has 0 aromatic heterocycles. The van der Waals surface area contributed by atoms with E-state index >= 15 is 0 Å². The summed E-state index contributed by atoms with van der Waals surface area (Å²) in [5, 5.41) is 0. The zero-order chi connectivity index (χ0) is 8.97. The van der Waals surface area contributed by atoms with Crippen LogP contribution < -0.4 is 5.73 Å². The molecule has 1 rings (SSSR count). The lowest BCUT2D eigenvalue weighted by Crippen LogP contribution is -1.99. The third-order valence-electron chi connectivity index (χ3n) is 2.16. The van der Waals surface area contributed by atoms with E-state index in [1.165, 1.54) is 12.8 Å². The van der Waals surface area contributed by atoms with Gasteiger partial charge < -0.3 is 5.73 Å². The Morgan fingerprint density at radius 1 is 1.58 bits per heavy atom. The van der Waals surface area contributed by atoms with E-state index in [2.05, 4.69) is 18.8 Å². The highest BCUT2D eigenvalue weighted by atomic mass is 14.7. The molecule has 1 saturated carbocycles. The molecule has 0 aromatic rings. The van der Waals surface area contributed by atoms with Gasteiger partial charge >= 0.3 is 0 Å². The minimum absolute atomic E-state index is 0.484. The highest BCUT2D eigenvalue weighted by Gasteiger charge is 2.19. The van der Waals surface area contributed by atoms with Gasteiger partial charge in [-0.2, -0.15) is 0 Å². The van der Waals surface area contributed by atoms with E-state index in [9.17, 15) is 0 Å². The molecule has 0 unspecified atom stereocenters. The van der Waals surface area contributed by atoms with Crippen molar-refractivity contribution < 1.29 is 0 Å². The van der Waals surface area contributed by atoms with Crippen LogP contribution in [0.4, 0.5) is 0 Å². The molecule has 0 heterocycles. The Morgan fingerprint density at radius 3 is 2.67 bits per heavy atom. The van der Waals surface area contributed by atoms with Crippen molar-refractivity contribution in [3.63, 3.8) is 0 Å². The van der Waals surface area contributed by atoms with Crippen LogP contribution >= 0.6 is 0 Å². The zero-order valence-electron chi connectivity index (χ0n) is 7.96. The summed E-state index contributed by atoms with van der Waals surface area (Å²) in [7, 11) is 0. The molecule has 2 N–H and O–H groups in total. The summed E-state index contributed by atoms with van der Waals surface area (Å²) in [6.07, 6.45) is 6.30. The second kappa shape index (κ2) is 4.29. The number of rotatable bonds is 4. The number of nitrogens with two attached hydrogens (primary N) is 1. The fourth-order valence-corrected chi connectivity index (χ4v) is 0.992. The smallest absolute Gasteiger partial charge is 0.0417 e. The topological polar surface area (TPSA) is 38.4 Å². The summed E-state index contributed by atoms with van der Waals surface area (Å²) >= 11 is 0. The fraction of sp³-hybridized carbons (Fsp3) is 0.700. The first-order valence-corrected chi connectivity index (χ1v) is 4.65. The Morgan fingerprint density at radius 2 is 2.25 bits per heavy atom. The molecule has 0 atom stereocenters. The first-order valence-electron chi connectivity index (χ1n) is 4.65. The van der Waals surface area contributed by atoms with Gasteiger partial charge in [0.1, 0.15) is 0 Å². The van der Waals surface area contributed by atoms with Crippen LogP contribution in [0.5, 0.6) is 0 Å². The van der Waals surface area contributed by atoms with Crippen molar-refractivity contribution in [2.45, 2.75) is 26.7 Å². The van der Waals surface area contributed by atoms with E-state index in [4.69, 9.17) is 5.73 Å². The molecule has 0 aromatic carbocycles. The Bertz CT molecular complexity index is 188. The standard InChI is InChI=1S/C10H18N2/c1-8(2)10(5-11)7-12-6-9-3-4-9/h5,7-9H,3-4,6,11H2,1-2H3. The molecule has 0 bridgehead atoms. The largest absolute Gasteiger partial charge is 0.404 e. The van der Waals surface area contributed by atoms with Crippen molar-refractivity contribution in [2.75, 3.05) is 6.54 Å². The molecule has 0 amide bonds. The summed E-state index contributed by atoms with van der Waals surface area (Å²) in [6.45, 7) is 5.24. The van der Waals surface area contributed by atoms with E-state index < -0.39 is 0 Å². The normalized spacial score (nSPS) is 19.4. The molecule has 68 valence electrons. The molecule has 2 nitrogen and oxygen atoms in total. The van der Waals surface area contributed by atoms with E-state index in [0.29, 0.717) is 5.92 Å². The van der Waals surface area contributed by atoms with Crippen molar-refractivity contribution in [3.8, 4) is 0 Å². The molecule has 12 heavy (non-hydrogen) atoms. The van der Waals surface area contributed by atoms with Gasteiger partial charge in [-0.1, -0.05) is 13.8 Å². The second-order valence-corrected chi connectivity index (χ2v) is 3.76. The molecule has 0 radical (unpaired) electrons. The molecule has 0 spiro atoms. The maximum atomic E-state index is 5.45. The van der Waals surface area contributed by atoms with Crippen LogP contribution in [0.2, 0.25) is 0 Å². The number of allylic oxidation sites excluding steroid dienone is 1. The van der Waals surface area contributed by atoms with Gasteiger partial charge in [0.25, 0.3) is 0 Å². The molecule has 2 heteroatoms. The number of hydrogen-bond acceptors (Lipinski definition) is 2. The Balaban J connectivity index is 2.29. The van der Waals surface area contributed by atoms with Gasteiger partial charge in [-0.05, 0) is 36.5 Å². The van der Waals surface area contributed by atoms with E-state index in [0.717, 1.165) is 18.0 Å². The van der Waals surface area contributed by atoms with Crippen LogP contribution in [-0.4, -0.2) is 12.8 Å². The van der Waals surface area contributed by atoms with Crippen LogP contribution in [0.3, 0.4) is 0 Å². The van der Waals surface area contributed by atoms with Gasteiger partial charge in [0, 0.05) is 12.8 Å². The lowest BCUT2D eigenvalue weighted by Gasteiger charge is -2.03. The monoisotopic (exact) mass is 166 g/mol. The number of nitrogens with zero attached hydrogens (tertiary/aromatic N) is 1. The Labute approximate surface area is 74.6 Å². The maximum absolute atomic E-state index is 5.45. The summed E-state index contributed by atoms with van der Waals surface area (Å²) in [4.78, 5) is 4.35. The van der Waals surface area contributed by atoms with Crippen LogP contribution in [0.25, 0.3) is 0 Å². The minimum atomic E-state index is 0.484. The van der Waals surface area contributed by atoms with Gasteiger partial charge in [-0.15, -0.1) is 0 Å².